The van der Waals surface area contributed by atoms with E-state index in [9.17, 15) is 0 Å². The summed E-state index contributed by atoms with van der Waals surface area (Å²) in [7, 11) is 0. The van der Waals surface area contributed by atoms with Gasteiger partial charge in [-0.25, -0.2) is 0 Å². The summed E-state index contributed by atoms with van der Waals surface area (Å²) in [6, 6.07) is 0. The monoisotopic (exact) mass is 442 g/mol. The van der Waals surface area contributed by atoms with Gasteiger partial charge >= 0.3 is 141 Å². The van der Waals surface area contributed by atoms with Crippen molar-refractivity contribution in [1.82, 2.24) is 0 Å². The van der Waals surface area contributed by atoms with E-state index in [1.54, 1.807) is 26.4 Å². The van der Waals surface area contributed by atoms with E-state index >= 15 is 0 Å². The molecular formula is C21H30Cl2Zr. The fraction of sp³-hybridized carbons (Fsp3) is 0.619. The Morgan fingerprint density at radius 1 is 0.958 bits per heavy atom. The average Bonchev–Trinajstić information content (AvgIpc) is 2.92. The van der Waals surface area contributed by atoms with Gasteiger partial charge in [-0.15, -0.1) is 0 Å². The molecule has 0 N–H and O–H groups in total. The van der Waals surface area contributed by atoms with Gasteiger partial charge in [0.1, 0.15) is 0 Å². The normalized spacial score (nSPS) is 34.8. The third kappa shape index (κ3) is 2.73. The molecule has 3 heteroatoms. The Kier molecular flexibility index (Phi) is 6.23. The van der Waals surface area contributed by atoms with E-state index in [2.05, 4.69) is 46.8 Å². The molecule has 0 amide bonds. The summed E-state index contributed by atoms with van der Waals surface area (Å²) in [6.07, 6.45) is 10.8. The SMILES string of the molecule is CC1=C(C)C(C)[C]([Zr+2]2([CH]3C=CC4=C3CCCC4)[CH2][CH]2C)=C1C.[Cl-].[Cl-]. The van der Waals surface area contributed by atoms with Gasteiger partial charge in [0.15, 0.2) is 0 Å². The van der Waals surface area contributed by atoms with E-state index in [1.807, 2.05) is 8.85 Å². The standard InChI is InChI=1S/C9H11.C9H13.C3H6.2ClH.Zr/c1-2-5-9-7-3-6-8(9)4-1;1-6-5-7(2)9(4)8(6)3;1-3-2;;;/h3,6-7H,1-2,4-5H2;6H,1-4H3;3H,1H2,2H3;2*1H;/q;;;;;+2/p-2. The van der Waals surface area contributed by atoms with Crippen LogP contribution in [-0.4, -0.2) is 0 Å². The molecule has 4 atom stereocenters. The van der Waals surface area contributed by atoms with E-state index in [0.29, 0.717) is 0 Å². The van der Waals surface area contributed by atoms with Crippen molar-refractivity contribution in [3.05, 3.63) is 43.3 Å². The van der Waals surface area contributed by atoms with Crippen LogP contribution in [-0.2, 0) is 20.3 Å². The van der Waals surface area contributed by atoms with Gasteiger partial charge in [-0.05, 0) is 0 Å². The van der Waals surface area contributed by atoms with Gasteiger partial charge in [-0.3, -0.25) is 0 Å². The molecule has 4 rings (SSSR count). The molecule has 4 aliphatic rings. The fourth-order valence-electron chi connectivity index (χ4n) is 5.85. The minimum Gasteiger partial charge on any atom is -1.00 e. The topological polar surface area (TPSA) is 0 Å². The number of hydrogen-bond donors (Lipinski definition) is 0. The van der Waals surface area contributed by atoms with Gasteiger partial charge in [0, 0.05) is 0 Å². The van der Waals surface area contributed by atoms with Gasteiger partial charge in [0.05, 0.1) is 0 Å². The molecule has 0 radical (unpaired) electrons. The second-order valence-corrected chi connectivity index (χ2v) is 19.7. The minimum absolute atomic E-state index is 0. The predicted molar refractivity (Wildman–Crippen MR) is 92.9 cm³/mol. The van der Waals surface area contributed by atoms with Crippen molar-refractivity contribution in [3.8, 4) is 0 Å². The molecule has 24 heavy (non-hydrogen) atoms. The maximum absolute atomic E-state index is 2.67. The van der Waals surface area contributed by atoms with Crippen molar-refractivity contribution in [3.63, 3.8) is 0 Å². The van der Waals surface area contributed by atoms with Crippen molar-refractivity contribution in [2.24, 2.45) is 5.92 Å². The molecule has 132 valence electrons. The predicted octanol–water partition coefficient (Wildman–Crippen LogP) is 0.878. The second kappa shape index (κ2) is 7.21. The quantitative estimate of drug-likeness (QED) is 0.593. The molecule has 4 unspecified atom stereocenters. The summed E-state index contributed by atoms with van der Waals surface area (Å²) in [4.78, 5) is 0. The Morgan fingerprint density at radius 3 is 2.12 bits per heavy atom. The molecule has 0 aromatic carbocycles. The molecule has 0 aromatic rings. The van der Waals surface area contributed by atoms with Crippen LogP contribution in [0.3, 0.4) is 0 Å². The Labute approximate surface area is 165 Å². The molecule has 0 bridgehead atoms. The van der Waals surface area contributed by atoms with Crippen LogP contribution in [0.5, 0.6) is 0 Å². The summed E-state index contributed by atoms with van der Waals surface area (Å²) in [5, 5.41) is 0. The van der Waals surface area contributed by atoms with Gasteiger partial charge in [-0.1, -0.05) is 0 Å². The molecule has 1 heterocycles. The Morgan fingerprint density at radius 2 is 1.58 bits per heavy atom. The van der Waals surface area contributed by atoms with Gasteiger partial charge in [0.25, 0.3) is 0 Å². The number of rotatable bonds is 2. The summed E-state index contributed by atoms with van der Waals surface area (Å²) in [6.45, 7) is 12.3. The number of hydrogen-bond acceptors (Lipinski definition) is 0. The van der Waals surface area contributed by atoms with Gasteiger partial charge in [0.2, 0.25) is 0 Å². The first-order valence-corrected chi connectivity index (χ1v) is 15.1. The van der Waals surface area contributed by atoms with Crippen molar-refractivity contribution < 1.29 is 45.1 Å². The molecule has 0 aromatic heterocycles. The van der Waals surface area contributed by atoms with Crippen molar-refractivity contribution >= 4 is 0 Å². The number of halogens is 2. The zero-order chi connectivity index (χ0) is 15.6. The zero-order valence-electron chi connectivity index (χ0n) is 15.7. The van der Waals surface area contributed by atoms with Crippen LogP contribution >= 0.6 is 0 Å². The third-order valence-electron chi connectivity index (χ3n) is 7.48. The van der Waals surface area contributed by atoms with Crippen molar-refractivity contribution in [2.45, 2.75) is 71.7 Å². The van der Waals surface area contributed by atoms with Crippen LogP contribution in [0.1, 0.15) is 60.3 Å². The largest absolute Gasteiger partial charge is 1.00 e. The molecule has 0 saturated carbocycles. The Balaban J connectivity index is 0.00000104. The molecule has 3 aliphatic carbocycles. The van der Waals surface area contributed by atoms with E-state index in [4.69, 9.17) is 0 Å². The zero-order valence-corrected chi connectivity index (χ0v) is 19.6. The van der Waals surface area contributed by atoms with Crippen molar-refractivity contribution in [1.29, 1.82) is 0 Å². The first-order chi connectivity index (χ1) is 10.5. The van der Waals surface area contributed by atoms with Crippen LogP contribution in [0, 0.1) is 5.92 Å². The van der Waals surface area contributed by atoms with Crippen LogP contribution < -0.4 is 24.8 Å². The molecule has 0 nitrogen and oxygen atoms in total. The first-order valence-electron chi connectivity index (χ1n) is 9.27. The third-order valence-corrected chi connectivity index (χ3v) is 22.7. The molecule has 0 spiro atoms. The minimum atomic E-state index is -2.22. The Bertz CT molecular complexity index is 667. The molecular weight excluding hydrogens is 414 g/mol. The maximum Gasteiger partial charge on any atom is -1.00 e. The smallest absolute Gasteiger partial charge is 1.00 e. The van der Waals surface area contributed by atoms with E-state index in [1.165, 1.54) is 25.7 Å². The summed E-state index contributed by atoms with van der Waals surface area (Å²) < 4.78 is 5.60. The first kappa shape index (κ1) is 20.7. The van der Waals surface area contributed by atoms with Crippen LogP contribution in [0.15, 0.2) is 43.3 Å². The number of allylic oxidation sites excluding steroid dienone is 8. The average molecular weight is 445 g/mol. The van der Waals surface area contributed by atoms with E-state index in [0.717, 1.165) is 13.2 Å². The summed E-state index contributed by atoms with van der Waals surface area (Å²) in [5.74, 6) is 0.752. The summed E-state index contributed by atoms with van der Waals surface area (Å²) in [5.41, 5.74) is 8.65. The van der Waals surface area contributed by atoms with Crippen LogP contribution in [0.4, 0.5) is 0 Å². The van der Waals surface area contributed by atoms with E-state index < -0.39 is 20.3 Å². The van der Waals surface area contributed by atoms with Crippen LogP contribution in [0.25, 0.3) is 0 Å². The molecule has 1 saturated heterocycles. The molecule has 1 aliphatic heterocycles. The van der Waals surface area contributed by atoms with Gasteiger partial charge in [-0.2, -0.15) is 0 Å². The van der Waals surface area contributed by atoms with Gasteiger partial charge < -0.3 is 24.8 Å². The Hall–Kier alpha value is 0.423. The van der Waals surface area contributed by atoms with Crippen molar-refractivity contribution in [2.75, 3.05) is 0 Å². The second-order valence-electron chi connectivity index (χ2n) is 8.31. The van der Waals surface area contributed by atoms with E-state index in [-0.39, 0.29) is 24.8 Å². The molecule has 1 fully saturated rings. The van der Waals surface area contributed by atoms with Crippen LogP contribution in [0.2, 0.25) is 11.4 Å². The maximum atomic E-state index is 2.67. The summed E-state index contributed by atoms with van der Waals surface area (Å²) >= 11 is -2.22. The fourth-order valence-corrected chi connectivity index (χ4v) is 24.2.